The first-order valence-corrected chi connectivity index (χ1v) is 4.71. The Morgan fingerprint density at radius 3 is 2.75 bits per heavy atom. The maximum Gasteiger partial charge on any atom is 0.251 e. The van der Waals surface area contributed by atoms with Crippen LogP contribution in [0.2, 0.25) is 0 Å². The lowest BCUT2D eigenvalue weighted by Crippen LogP contribution is -2.18. The molecule has 12 heavy (non-hydrogen) atoms. The van der Waals surface area contributed by atoms with Gasteiger partial charge in [0.05, 0.1) is 0 Å². The van der Waals surface area contributed by atoms with Crippen LogP contribution in [0.4, 0.5) is 0 Å². The zero-order valence-corrected chi connectivity index (χ0v) is 9.18. The van der Waals surface area contributed by atoms with E-state index in [2.05, 4.69) is 27.9 Å². The minimum Gasteiger partial charge on any atom is -0.355 e. The number of carbonyl (C=O) groups is 1. The molecule has 0 saturated heterocycles. The molecule has 3 heteroatoms. The number of rotatable bonds is 1. The molecule has 0 bridgehead atoms. The average Bonchev–Trinajstić information content (AvgIpc) is 2.08. The Labute approximate surface area is 85.5 Å². The molecule has 1 aromatic rings. The first-order chi connectivity index (χ1) is 5.65. The molecule has 0 aliphatic rings. The topological polar surface area (TPSA) is 29.1 Å². The van der Waals surface area contributed by atoms with Crippen molar-refractivity contribution < 1.29 is 4.79 Å². The first kappa shape index (κ1) is 9.51. The van der Waals surface area contributed by atoms with Crippen LogP contribution in [0.1, 0.15) is 15.9 Å². The molecule has 64 valence electrons. The zero-order valence-electron chi connectivity index (χ0n) is 7.02. The average molecular weight is 275 g/mol. The number of benzene rings is 1. The van der Waals surface area contributed by atoms with Gasteiger partial charge in [0.1, 0.15) is 0 Å². The SMILES string of the molecule is CNC(=O)c1cc(I)ccc1C. The molecule has 1 N–H and O–H groups in total. The number of carbonyl (C=O) groups excluding carboxylic acids is 1. The van der Waals surface area contributed by atoms with Gasteiger partial charge in [-0.2, -0.15) is 0 Å². The summed E-state index contributed by atoms with van der Waals surface area (Å²) in [4.78, 5) is 11.3. The maximum atomic E-state index is 11.3. The fourth-order valence-corrected chi connectivity index (χ4v) is 1.46. The number of amides is 1. The van der Waals surface area contributed by atoms with E-state index in [9.17, 15) is 4.79 Å². The van der Waals surface area contributed by atoms with Gasteiger partial charge in [-0.3, -0.25) is 4.79 Å². The van der Waals surface area contributed by atoms with Crippen LogP contribution >= 0.6 is 22.6 Å². The summed E-state index contributed by atoms with van der Waals surface area (Å²) in [5.41, 5.74) is 1.76. The van der Waals surface area contributed by atoms with Gasteiger partial charge in [0, 0.05) is 16.2 Å². The minimum atomic E-state index is -0.0222. The molecule has 2 nitrogen and oxygen atoms in total. The lowest BCUT2D eigenvalue weighted by atomic mass is 10.1. The van der Waals surface area contributed by atoms with Crippen molar-refractivity contribution in [2.24, 2.45) is 0 Å². The van der Waals surface area contributed by atoms with Crippen molar-refractivity contribution in [3.63, 3.8) is 0 Å². The van der Waals surface area contributed by atoms with E-state index >= 15 is 0 Å². The van der Waals surface area contributed by atoms with Gasteiger partial charge in [0.2, 0.25) is 0 Å². The van der Waals surface area contributed by atoms with Crippen LogP contribution in [0.25, 0.3) is 0 Å². The van der Waals surface area contributed by atoms with Crippen LogP contribution in [0.3, 0.4) is 0 Å². The van der Waals surface area contributed by atoms with Gasteiger partial charge in [-0.25, -0.2) is 0 Å². The zero-order chi connectivity index (χ0) is 9.14. The Balaban J connectivity index is 3.13. The molecule has 0 unspecified atom stereocenters. The molecule has 0 spiro atoms. The third-order valence-corrected chi connectivity index (χ3v) is 2.34. The molecule has 0 aliphatic carbocycles. The Hall–Kier alpha value is -0.580. The third-order valence-electron chi connectivity index (χ3n) is 1.67. The van der Waals surface area contributed by atoms with Gasteiger partial charge in [-0.15, -0.1) is 0 Å². The summed E-state index contributed by atoms with van der Waals surface area (Å²) in [6.07, 6.45) is 0. The molecule has 0 aromatic heterocycles. The van der Waals surface area contributed by atoms with E-state index in [1.54, 1.807) is 7.05 Å². The largest absolute Gasteiger partial charge is 0.355 e. The number of hydrogen-bond acceptors (Lipinski definition) is 1. The molecule has 0 aliphatic heterocycles. The summed E-state index contributed by atoms with van der Waals surface area (Å²) in [6.45, 7) is 1.93. The van der Waals surface area contributed by atoms with E-state index in [1.807, 2.05) is 25.1 Å². The molecule has 0 fully saturated rings. The molecule has 0 heterocycles. The van der Waals surface area contributed by atoms with Crippen molar-refractivity contribution in [3.05, 3.63) is 32.9 Å². The lowest BCUT2D eigenvalue weighted by molar-refractivity contribution is 0.0962. The second-order valence-electron chi connectivity index (χ2n) is 2.54. The maximum absolute atomic E-state index is 11.3. The normalized spacial score (nSPS) is 9.58. The van der Waals surface area contributed by atoms with Crippen LogP contribution in [-0.4, -0.2) is 13.0 Å². The first-order valence-electron chi connectivity index (χ1n) is 3.63. The molecule has 0 radical (unpaired) electrons. The summed E-state index contributed by atoms with van der Waals surface area (Å²) >= 11 is 2.19. The van der Waals surface area contributed by atoms with E-state index in [0.29, 0.717) is 0 Å². The van der Waals surface area contributed by atoms with Crippen molar-refractivity contribution in [2.45, 2.75) is 6.92 Å². The van der Waals surface area contributed by atoms with Crippen LogP contribution in [0.15, 0.2) is 18.2 Å². The molecular formula is C9H10INO. The molecule has 1 amide bonds. The van der Waals surface area contributed by atoms with E-state index < -0.39 is 0 Å². The number of hydrogen-bond donors (Lipinski definition) is 1. The van der Waals surface area contributed by atoms with Crippen molar-refractivity contribution in [3.8, 4) is 0 Å². The predicted molar refractivity (Wildman–Crippen MR) is 57.3 cm³/mol. The van der Waals surface area contributed by atoms with E-state index in [1.165, 1.54) is 0 Å². The highest BCUT2D eigenvalue weighted by atomic mass is 127. The second kappa shape index (κ2) is 3.89. The van der Waals surface area contributed by atoms with Crippen LogP contribution < -0.4 is 5.32 Å². The molecule has 0 atom stereocenters. The Kier molecular flexibility index (Phi) is 3.08. The van der Waals surface area contributed by atoms with Crippen LogP contribution in [0.5, 0.6) is 0 Å². The second-order valence-corrected chi connectivity index (χ2v) is 3.78. The number of nitrogens with one attached hydrogen (secondary N) is 1. The standard InChI is InChI=1S/C9H10INO/c1-6-3-4-7(10)5-8(6)9(12)11-2/h3-5H,1-2H3,(H,11,12). The predicted octanol–water partition coefficient (Wildman–Crippen LogP) is 1.96. The molecular weight excluding hydrogens is 265 g/mol. The van der Waals surface area contributed by atoms with Gasteiger partial charge >= 0.3 is 0 Å². The van der Waals surface area contributed by atoms with E-state index in [0.717, 1.165) is 14.7 Å². The van der Waals surface area contributed by atoms with Crippen molar-refractivity contribution in [1.82, 2.24) is 5.32 Å². The Morgan fingerprint density at radius 1 is 1.50 bits per heavy atom. The van der Waals surface area contributed by atoms with Crippen LogP contribution in [0, 0.1) is 10.5 Å². The minimum absolute atomic E-state index is 0.0222. The fourth-order valence-electron chi connectivity index (χ4n) is 0.974. The highest BCUT2D eigenvalue weighted by Crippen LogP contribution is 2.12. The van der Waals surface area contributed by atoms with Crippen molar-refractivity contribution in [1.29, 1.82) is 0 Å². The quantitative estimate of drug-likeness (QED) is 0.780. The summed E-state index contributed by atoms with van der Waals surface area (Å²) in [5.74, 6) is -0.0222. The summed E-state index contributed by atoms with van der Waals surface area (Å²) in [6, 6.07) is 5.82. The van der Waals surface area contributed by atoms with Crippen molar-refractivity contribution in [2.75, 3.05) is 7.05 Å². The summed E-state index contributed by atoms with van der Waals surface area (Å²) in [7, 11) is 1.64. The highest BCUT2D eigenvalue weighted by molar-refractivity contribution is 14.1. The Bertz CT molecular complexity index is 309. The van der Waals surface area contributed by atoms with Gasteiger partial charge < -0.3 is 5.32 Å². The lowest BCUT2D eigenvalue weighted by Gasteiger charge is -2.03. The van der Waals surface area contributed by atoms with Gasteiger partial charge in [-0.05, 0) is 47.2 Å². The van der Waals surface area contributed by atoms with Crippen molar-refractivity contribution >= 4 is 28.5 Å². The van der Waals surface area contributed by atoms with E-state index in [4.69, 9.17) is 0 Å². The monoisotopic (exact) mass is 275 g/mol. The van der Waals surface area contributed by atoms with Crippen LogP contribution in [-0.2, 0) is 0 Å². The van der Waals surface area contributed by atoms with Gasteiger partial charge in [0.15, 0.2) is 0 Å². The third kappa shape index (κ3) is 1.97. The Morgan fingerprint density at radius 2 is 2.17 bits per heavy atom. The van der Waals surface area contributed by atoms with E-state index in [-0.39, 0.29) is 5.91 Å². The number of halogens is 1. The summed E-state index contributed by atoms with van der Waals surface area (Å²) < 4.78 is 1.08. The summed E-state index contributed by atoms with van der Waals surface area (Å²) in [5, 5.41) is 2.61. The molecule has 0 saturated carbocycles. The highest BCUT2D eigenvalue weighted by Gasteiger charge is 2.06. The molecule has 1 rings (SSSR count). The van der Waals surface area contributed by atoms with Gasteiger partial charge in [0.25, 0.3) is 5.91 Å². The molecule has 1 aromatic carbocycles. The fraction of sp³-hybridized carbons (Fsp3) is 0.222. The van der Waals surface area contributed by atoms with Gasteiger partial charge in [-0.1, -0.05) is 6.07 Å². The smallest absolute Gasteiger partial charge is 0.251 e. The number of aryl methyl sites for hydroxylation is 1.